The van der Waals surface area contributed by atoms with Crippen LogP contribution in [0.15, 0.2) is 33.7 Å². The number of hydrogen-bond acceptors (Lipinski definition) is 6. The summed E-state index contributed by atoms with van der Waals surface area (Å²) < 4.78 is 31.2. The number of sulfonamides is 1. The predicted octanol–water partition coefficient (Wildman–Crippen LogP) is 0.465. The largest absolute Gasteiger partial charge is 0.398 e. The zero-order valence-electron chi connectivity index (χ0n) is 10.5. The molecule has 0 bridgehead atoms. The quantitative estimate of drug-likeness (QED) is 0.700. The first-order valence-corrected chi connectivity index (χ1v) is 6.93. The first-order chi connectivity index (χ1) is 9.29. The summed E-state index contributed by atoms with van der Waals surface area (Å²) in [7, 11) is -3.92. The fraction of sp³-hybridized carbons (Fsp3) is 0.0909. The van der Waals surface area contributed by atoms with E-state index in [1.807, 2.05) is 0 Å². The average molecular weight is 296 g/mol. The van der Waals surface area contributed by atoms with Crippen LogP contribution in [0.25, 0.3) is 0 Å². The van der Waals surface area contributed by atoms with Crippen molar-refractivity contribution in [3.63, 3.8) is 0 Å². The van der Waals surface area contributed by atoms with Crippen molar-refractivity contribution in [3.05, 3.63) is 35.6 Å². The number of aryl methyl sites for hydroxylation is 1. The number of rotatable bonds is 4. The summed E-state index contributed by atoms with van der Waals surface area (Å²) in [5.41, 5.74) is 10.8. The molecule has 0 aliphatic heterocycles. The Kier molecular flexibility index (Phi) is 3.36. The summed E-state index contributed by atoms with van der Waals surface area (Å²) in [4.78, 5) is 10.8. The molecule has 0 aliphatic carbocycles. The van der Waals surface area contributed by atoms with E-state index in [0.29, 0.717) is 5.76 Å². The molecule has 0 fully saturated rings. The van der Waals surface area contributed by atoms with Crippen LogP contribution in [-0.4, -0.2) is 19.5 Å². The lowest BCUT2D eigenvalue weighted by Gasteiger charge is -2.08. The summed E-state index contributed by atoms with van der Waals surface area (Å²) in [6, 6.07) is 5.10. The van der Waals surface area contributed by atoms with Crippen molar-refractivity contribution < 1.29 is 17.7 Å². The molecule has 8 nitrogen and oxygen atoms in total. The number of aromatic nitrogens is 1. The number of carbonyl (C=O) groups excluding carboxylic acids is 1. The maximum atomic E-state index is 12.1. The van der Waals surface area contributed by atoms with E-state index in [1.54, 1.807) is 6.92 Å². The van der Waals surface area contributed by atoms with E-state index in [0.717, 1.165) is 0 Å². The molecule has 0 saturated carbocycles. The maximum absolute atomic E-state index is 12.1. The van der Waals surface area contributed by atoms with E-state index in [-0.39, 0.29) is 22.0 Å². The van der Waals surface area contributed by atoms with Crippen molar-refractivity contribution in [2.45, 2.75) is 11.8 Å². The Morgan fingerprint density at radius 3 is 2.55 bits per heavy atom. The first kappa shape index (κ1) is 13.9. The molecule has 20 heavy (non-hydrogen) atoms. The Labute approximate surface area is 114 Å². The van der Waals surface area contributed by atoms with Crippen molar-refractivity contribution in [3.8, 4) is 0 Å². The molecular formula is C11H12N4O4S. The second kappa shape index (κ2) is 4.85. The van der Waals surface area contributed by atoms with Crippen molar-refractivity contribution in [1.29, 1.82) is 0 Å². The number of nitrogens with two attached hydrogens (primary N) is 2. The minimum Gasteiger partial charge on any atom is -0.398 e. The summed E-state index contributed by atoms with van der Waals surface area (Å²) >= 11 is 0. The van der Waals surface area contributed by atoms with Gasteiger partial charge in [-0.05, 0) is 25.1 Å². The van der Waals surface area contributed by atoms with E-state index in [9.17, 15) is 13.2 Å². The number of benzene rings is 1. The van der Waals surface area contributed by atoms with Crippen LogP contribution in [0, 0.1) is 6.92 Å². The summed E-state index contributed by atoms with van der Waals surface area (Å²) in [5, 5.41) is 3.52. The lowest BCUT2D eigenvalue weighted by Crippen LogP contribution is -2.17. The molecule has 0 atom stereocenters. The van der Waals surface area contributed by atoms with E-state index in [1.165, 1.54) is 24.3 Å². The standard InChI is InChI=1S/C11H12N4O4S/c1-6-4-10(14-19-6)15-20(17,18)9-3-2-7(11(13)16)5-8(9)12/h2-5H,12H2,1H3,(H2,13,16)(H,14,15). The summed E-state index contributed by atoms with van der Waals surface area (Å²) in [5.74, 6) is -0.193. The van der Waals surface area contributed by atoms with Gasteiger partial charge in [0.25, 0.3) is 10.0 Å². The predicted molar refractivity (Wildman–Crippen MR) is 71.4 cm³/mol. The fourth-order valence-electron chi connectivity index (χ4n) is 1.55. The highest BCUT2D eigenvalue weighted by molar-refractivity contribution is 7.92. The number of nitrogens with zero attached hydrogens (tertiary/aromatic N) is 1. The normalized spacial score (nSPS) is 11.2. The number of carbonyl (C=O) groups is 1. The Morgan fingerprint density at radius 1 is 1.35 bits per heavy atom. The van der Waals surface area contributed by atoms with Gasteiger partial charge in [0.1, 0.15) is 10.7 Å². The Hall–Kier alpha value is -2.55. The molecule has 1 amide bonds. The molecule has 0 spiro atoms. The highest BCUT2D eigenvalue weighted by atomic mass is 32.2. The maximum Gasteiger partial charge on any atom is 0.265 e. The van der Waals surface area contributed by atoms with E-state index < -0.39 is 15.9 Å². The van der Waals surface area contributed by atoms with Gasteiger partial charge in [0.2, 0.25) is 5.91 Å². The molecule has 0 radical (unpaired) electrons. The molecule has 106 valence electrons. The van der Waals surface area contributed by atoms with Crippen LogP contribution >= 0.6 is 0 Å². The third kappa shape index (κ3) is 2.72. The van der Waals surface area contributed by atoms with E-state index >= 15 is 0 Å². The van der Waals surface area contributed by atoms with Gasteiger partial charge in [-0.25, -0.2) is 8.42 Å². The van der Waals surface area contributed by atoms with Gasteiger partial charge in [-0.15, -0.1) is 0 Å². The van der Waals surface area contributed by atoms with E-state index in [2.05, 4.69) is 9.88 Å². The van der Waals surface area contributed by atoms with Crippen LogP contribution in [0.5, 0.6) is 0 Å². The van der Waals surface area contributed by atoms with Crippen LogP contribution in [0.3, 0.4) is 0 Å². The number of amides is 1. The Bertz CT molecular complexity index is 766. The van der Waals surface area contributed by atoms with Gasteiger partial charge in [0.15, 0.2) is 5.82 Å². The molecule has 0 saturated heterocycles. The van der Waals surface area contributed by atoms with Crippen LogP contribution in [0.4, 0.5) is 11.5 Å². The number of hydrogen-bond donors (Lipinski definition) is 3. The molecule has 2 rings (SSSR count). The topological polar surface area (TPSA) is 141 Å². The lowest BCUT2D eigenvalue weighted by molar-refractivity contribution is 0.1000. The van der Waals surface area contributed by atoms with Crippen molar-refractivity contribution in [2.24, 2.45) is 5.73 Å². The zero-order valence-corrected chi connectivity index (χ0v) is 11.3. The minimum atomic E-state index is -3.92. The molecule has 1 aromatic carbocycles. The van der Waals surface area contributed by atoms with Crippen LogP contribution < -0.4 is 16.2 Å². The van der Waals surface area contributed by atoms with Gasteiger partial charge in [-0.3, -0.25) is 9.52 Å². The zero-order chi connectivity index (χ0) is 14.9. The van der Waals surface area contributed by atoms with Gasteiger partial charge >= 0.3 is 0 Å². The number of anilines is 2. The monoisotopic (exact) mass is 296 g/mol. The Balaban J connectivity index is 2.37. The molecular weight excluding hydrogens is 284 g/mol. The molecule has 5 N–H and O–H groups in total. The Morgan fingerprint density at radius 2 is 2.05 bits per heavy atom. The SMILES string of the molecule is Cc1cc(NS(=O)(=O)c2ccc(C(N)=O)cc2N)no1. The lowest BCUT2D eigenvalue weighted by atomic mass is 10.2. The van der Waals surface area contributed by atoms with Gasteiger partial charge in [0, 0.05) is 11.6 Å². The number of nitrogen functional groups attached to an aromatic ring is 1. The third-order valence-electron chi connectivity index (χ3n) is 2.45. The van der Waals surface area contributed by atoms with Crippen molar-refractivity contribution >= 4 is 27.4 Å². The van der Waals surface area contributed by atoms with Gasteiger partial charge in [-0.2, -0.15) is 0 Å². The molecule has 9 heteroatoms. The number of nitrogens with one attached hydrogen (secondary N) is 1. The number of primary amides is 1. The molecule has 0 aliphatic rings. The van der Waals surface area contributed by atoms with Crippen LogP contribution in [0.1, 0.15) is 16.1 Å². The molecule has 0 unspecified atom stereocenters. The van der Waals surface area contributed by atoms with Gasteiger partial charge < -0.3 is 16.0 Å². The van der Waals surface area contributed by atoms with Crippen molar-refractivity contribution in [1.82, 2.24) is 5.16 Å². The fourth-order valence-corrected chi connectivity index (χ4v) is 2.65. The summed E-state index contributed by atoms with van der Waals surface area (Å²) in [6.07, 6.45) is 0. The highest BCUT2D eigenvalue weighted by Gasteiger charge is 2.20. The van der Waals surface area contributed by atoms with Gasteiger partial charge in [-0.1, -0.05) is 5.16 Å². The molecule has 1 aromatic heterocycles. The second-order valence-corrected chi connectivity index (χ2v) is 5.70. The van der Waals surface area contributed by atoms with Gasteiger partial charge in [0.05, 0.1) is 5.69 Å². The van der Waals surface area contributed by atoms with Crippen LogP contribution in [0.2, 0.25) is 0 Å². The van der Waals surface area contributed by atoms with Crippen molar-refractivity contribution in [2.75, 3.05) is 10.5 Å². The first-order valence-electron chi connectivity index (χ1n) is 5.45. The highest BCUT2D eigenvalue weighted by Crippen LogP contribution is 2.22. The minimum absolute atomic E-state index is 0.0425. The van der Waals surface area contributed by atoms with Crippen LogP contribution in [-0.2, 0) is 10.0 Å². The molecule has 1 heterocycles. The smallest absolute Gasteiger partial charge is 0.265 e. The summed E-state index contributed by atoms with van der Waals surface area (Å²) in [6.45, 7) is 1.63. The molecule has 2 aromatic rings. The van der Waals surface area contributed by atoms with E-state index in [4.69, 9.17) is 16.0 Å². The second-order valence-electron chi connectivity index (χ2n) is 4.05. The third-order valence-corrected chi connectivity index (χ3v) is 3.88. The average Bonchev–Trinajstić information content (AvgIpc) is 2.73.